The van der Waals surface area contributed by atoms with Crippen molar-refractivity contribution in [3.63, 3.8) is 0 Å². The minimum atomic E-state index is 0.276. The van der Waals surface area contributed by atoms with Gasteiger partial charge in [0.05, 0.1) is 0 Å². The van der Waals surface area contributed by atoms with Crippen LogP contribution in [0, 0.1) is 0 Å². The molecule has 0 unspecified atom stereocenters. The Kier molecular flexibility index (Phi) is 3.50. The SMILES string of the molecule is C[SH](C)CCc1ccccc1. The molecule has 1 rings (SSSR count). The zero-order valence-corrected chi connectivity index (χ0v) is 8.14. The van der Waals surface area contributed by atoms with Crippen LogP contribution in [-0.4, -0.2) is 18.3 Å². The summed E-state index contributed by atoms with van der Waals surface area (Å²) in [7, 11) is 0.276. The predicted octanol–water partition coefficient (Wildman–Crippen LogP) is 2.49. The highest BCUT2D eigenvalue weighted by Gasteiger charge is 1.91. The van der Waals surface area contributed by atoms with Crippen molar-refractivity contribution in [3.8, 4) is 0 Å². The summed E-state index contributed by atoms with van der Waals surface area (Å²) in [6.07, 6.45) is 5.91. The number of benzene rings is 1. The Morgan fingerprint density at radius 3 is 2.27 bits per heavy atom. The van der Waals surface area contributed by atoms with Gasteiger partial charge < -0.3 is 0 Å². The molecule has 0 radical (unpaired) electrons. The first-order valence-electron chi connectivity index (χ1n) is 3.97. The van der Waals surface area contributed by atoms with E-state index in [4.69, 9.17) is 0 Å². The van der Waals surface area contributed by atoms with Gasteiger partial charge >= 0.3 is 0 Å². The molecule has 0 saturated carbocycles. The number of hydrogen-bond donors (Lipinski definition) is 1. The van der Waals surface area contributed by atoms with Crippen LogP contribution in [0.4, 0.5) is 0 Å². The van der Waals surface area contributed by atoms with E-state index < -0.39 is 0 Å². The average molecular weight is 168 g/mol. The maximum absolute atomic E-state index is 2.33. The van der Waals surface area contributed by atoms with E-state index in [0.29, 0.717) is 0 Å². The molecule has 0 heterocycles. The molecule has 62 valence electrons. The summed E-state index contributed by atoms with van der Waals surface area (Å²) in [6, 6.07) is 10.7. The van der Waals surface area contributed by atoms with Crippen molar-refractivity contribution in [3.05, 3.63) is 35.9 Å². The van der Waals surface area contributed by atoms with Crippen LogP contribution < -0.4 is 0 Å². The van der Waals surface area contributed by atoms with E-state index in [1.165, 1.54) is 17.7 Å². The molecule has 0 atom stereocenters. The largest absolute Gasteiger partial charge is 0.259 e. The summed E-state index contributed by atoms with van der Waals surface area (Å²) in [6.45, 7) is 0. The Morgan fingerprint density at radius 1 is 1.09 bits per heavy atom. The van der Waals surface area contributed by atoms with Gasteiger partial charge in [-0.05, 0) is 30.2 Å². The second-order valence-electron chi connectivity index (χ2n) is 3.04. The molecule has 1 aromatic carbocycles. The van der Waals surface area contributed by atoms with Gasteiger partial charge in [-0.15, -0.1) is 0 Å². The van der Waals surface area contributed by atoms with E-state index in [1.54, 1.807) is 0 Å². The summed E-state index contributed by atoms with van der Waals surface area (Å²) in [5, 5.41) is 0. The summed E-state index contributed by atoms with van der Waals surface area (Å²) in [5.41, 5.74) is 1.48. The quantitative estimate of drug-likeness (QED) is 0.659. The third-order valence-electron chi connectivity index (χ3n) is 1.69. The molecule has 0 fully saturated rings. The van der Waals surface area contributed by atoms with Crippen molar-refractivity contribution in [2.24, 2.45) is 0 Å². The standard InChI is InChI=1S/C10H16S/c1-11(2)9-8-10-6-4-3-5-7-10/h3-7,11H,8-9H2,1-2H3. The molecule has 0 spiro atoms. The molecule has 0 saturated heterocycles. The zero-order chi connectivity index (χ0) is 8.10. The van der Waals surface area contributed by atoms with Crippen LogP contribution in [-0.2, 0) is 6.42 Å². The van der Waals surface area contributed by atoms with Gasteiger partial charge in [-0.25, -0.2) is 0 Å². The van der Waals surface area contributed by atoms with E-state index in [2.05, 4.69) is 42.8 Å². The normalized spacial score (nSPS) is 11.3. The maximum atomic E-state index is 2.33. The molecule has 1 heteroatoms. The fraction of sp³-hybridized carbons (Fsp3) is 0.400. The Balaban J connectivity index is 2.39. The topological polar surface area (TPSA) is 0 Å². The van der Waals surface area contributed by atoms with Crippen molar-refractivity contribution in [1.29, 1.82) is 0 Å². The van der Waals surface area contributed by atoms with Crippen LogP contribution in [0.1, 0.15) is 5.56 Å². The first-order valence-corrected chi connectivity index (χ1v) is 6.40. The lowest BCUT2D eigenvalue weighted by Crippen LogP contribution is -1.90. The highest BCUT2D eigenvalue weighted by molar-refractivity contribution is 8.15. The summed E-state index contributed by atoms with van der Waals surface area (Å²) < 4.78 is 0. The van der Waals surface area contributed by atoms with Crippen LogP contribution >= 0.6 is 10.9 Å². The van der Waals surface area contributed by atoms with Gasteiger partial charge in [-0.3, -0.25) is 10.9 Å². The molecule has 1 aromatic rings. The van der Waals surface area contributed by atoms with Gasteiger partial charge in [0.2, 0.25) is 0 Å². The number of aryl methyl sites for hydroxylation is 1. The highest BCUT2D eigenvalue weighted by atomic mass is 32.2. The van der Waals surface area contributed by atoms with Crippen LogP contribution in [0.2, 0.25) is 0 Å². The third-order valence-corrected chi connectivity index (χ3v) is 2.81. The second kappa shape index (κ2) is 4.45. The van der Waals surface area contributed by atoms with Crippen LogP contribution in [0.15, 0.2) is 30.3 Å². The van der Waals surface area contributed by atoms with Crippen LogP contribution in [0.3, 0.4) is 0 Å². The van der Waals surface area contributed by atoms with Gasteiger partial charge in [0.1, 0.15) is 0 Å². The average Bonchev–Trinajstić information content (AvgIpc) is 2.03. The van der Waals surface area contributed by atoms with Gasteiger partial charge in [0.25, 0.3) is 0 Å². The monoisotopic (exact) mass is 168 g/mol. The Hall–Kier alpha value is -0.430. The minimum Gasteiger partial charge on any atom is -0.259 e. The van der Waals surface area contributed by atoms with Crippen LogP contribution in [0.25, 0.3) is 0 Å². The molecule has 0 aliphatic carbocycles. The minimum absolute atomic E-state index is 0.276. The Labute approximate surface area is 72.0 Å². The molecule has 0 nitrogen and oxygen atoms in total. The van der Waals surface area contributed by atoms with E-state index in [0.717, 1.165) is 0 Å². The van der Waals surface area contributed by atoms with E-state index >= 15 is 0 Å². The van der Waals surface area contributed by atoms with Crippen molar-refractivity contribution in [2.75, 3.05) is 18.3 Å². The zero-order valence-electron chi connectivity index (χ0n) is 7.25. The van der Waals surface area contributed by atoms with E-state index in [9.17, 15) is 0 Å². The van der Waals surface area contributed by atoms with Crippen LogP contribution in [0.5, 0.6) is 0 Å². The number of hydrogen-bond acceptors (Lipinski definition) is 0. The van der Waals surface area contributed by atoms with Crippen molar-refractivity contribution >= 4 is 10.9 Å². The van der Waals surface area contributed by atoms with Crippen molar-refractivity contribution in [1.82, 2.24) is 0 Å². The van der Waals surface area contributed by atoms with E-state index in [1.807, 2.05) is 0 Å². The smallest absolute Gasteiger partial charge is 0.0205 e. The van der Waals surface area contributed by atoms with Gasteiger partial charge in [0, 0.05) is 0 Å². The molecule has 0 N–H and O–H groups in total. The molecule has 0 aromatic heterocycles. The lowest BCUT2D eigenvalue weighted by atomic mass is 10.2. The van der Waals surface area contributed by atoms with Crippen molar-refractivity contribution in [2.45, 2.75) is 6.42 Å². The first-order chi connectivity index (χ1) is 5.29. The van der Waals surface area contributed by atoms with E-state index in [-0.39, 0.29) is 10.9 Å². The van der Waals surface area contributed by atoms with Gasteiger partial charge in [-0.1, -0.05) is 30.3 Å². The van der Waals surface area contributed by atoms with Gasteiger partial charge in [0.15, 0.2) is 0 Å². The molecular weight excluding hydrogens is 152 g/mol. The lowest BCUT2D eigenvalue weighted by molar-refractivity contribution is 1.15. The number of rotatable bonds is 3. The molecule has 0 bridgehead atoms. The Morgan fingerprint density at radius 2 is 1.73 bits per heavy atom. The number of thiol groups is 1. The first kappa shape index (κ1) is 8.66. The molecule has 0 aliphatic rings. The fourth-order valence-electron chi connectivity index (χ4n) is 0.997. The Bertz CT molecular complexity index is 191. The summed E-state index contributed by atoms with van der Waals surface area (Å²) in [5.74, 6) is 1.36. The predicted molar refractivity (Wildman–Crippen MR) is 55.8 cm³/mol. The fourth-order valence-corrected chi connectivity index (χ4v) is 1.70. The molecular formula is C10H16S. The third kappa shape index (κ3) is 3.47. The lowest BCUT2D eigenvalue weighted by Gasteiger charge is -2.07. The molecule has 0 amide bonds. The highest BCUT2D eigenvalue weighted by Crippen LogP contribution is 2.15. The molecule has 11 heavy (non-hydrogen) atoms. The summed E-state index contributed by atoms with van der Waals surface area (Å²) in [4.78, 5) is 0. The summed E-state index contributed by atoms with van der Waals surface area (Å²) >= 11 is 0. The maximum Gasteiger partial charge on any atom is -0.0205 e. The van der Waals surface area contributed by atoms with Crippen molar-refractivity contribution < 1.29 is 0 Å². The molecule has 0 aliphatic heterocycles. The second-order valence-corrected chi connectivity index (χ2v) is 5.65. The van der Waals surface area contributed by atoms with Gasteiger partial charge in [-0.2, -0.15) is 0 Å².